The average Bonchev–Trinajstić information content (AvgIpc) is 2.59. The van der Waals surface area contributed by atoms with Crippen LogP contribution in [0, 0.1) is 0 Å². The summed E-state index contributed by atoms with van der Waals surface area (Å²) in [6, 6.07) is 3.68. The van der Waals surface area contributed by atoms with E-state index < -0.39 is 24.7 Å². The summed E-state index contributed by atoms with van der Waals surface area (Å²) in [7, 11) is 0. The highest BCUT2D eigenvalue weighted by atomic mass is 35.5. The van der Waals surface area contributed by atoms with Gasteiger partial charge in [0.15, 0.2) is 6.61 Å². The number of amides is 2. The minimum absolute atomic E-state index is 0.111. The van der Waals surface area contributed by atoms with Crippen molar-refractivity contribution in [1.82, 2.24) is 15.3 Å². The molecule has 2 aromatic heterocycles. The molecule has 28 heavy (non-hydrogen) atoms. The van der Waals surface area contributed by atoms with Gasteiger partial charge in [0.2, 0.25) is 11.8 Å². The fourth-order valence-corrected chi connectivity index (χ4v) is 2.35. The Morgan fingerprint density at radius 2 is 2.00 bits per heavy atom. The molecule has 0 aliphatic heterocycles. The molecule has 2 rings (SSSR count). The summed E-state index contributed by atoms with van der Waals surface area (Å²) in [6.45, 7) is 1.46. The number of anilines is 1. The van der Waals surface area contributed by atoms with E-state index in [-0.39, 0.29) is 28.2 Å². The number of nitrogens with zero attached hydrogens (tertiary/aromatic N) is 2. The quantitative estimate of drug-likeness (QED) is 0.751. The summed E-state index contributed by atoms with van der Waals surface area (Å²) in [4.78, 5) is 31.1. The Kier molecular flexibility index (Phi) is 6.79. The molecule has 11 heteroatoms. The molecular formula is C17H16ClF3N4O3. The van der Waals surface area contributed by atoms with Crippen molar-refractivity contribution in [3.8, 4) is 5.88 Å². The van der Waals surface area contributed by atoms with Crippen molar-refractivity contribution >= 4 is 29.2 Å². The summed E-state index contributed by atoms with van der Waals surface area (Å²) >= 11 is 5.91. The zero-order valence-electron chi connectivity index (χ0n) is 14.8. The Morgan fingerprint density at radius 1 is 1.29 bits per heavy atom. The standard InChI is InChI=1S/C17H16ClF3N4O3/c1-9(12-5-13(18)16(23-7-12)28-8-17(19,20)21)24-15(27)11-3-4-22-14(6-11)25-10(2)26/h3-7,9H,8H2,1-2H3,(H,24,27)(H,22,25,26). The first-order valence-electron chi connectivity index (χ1n) is 7.94. The molecule has 0 bridgehead atoms. The van der Waals surface area contributed by atoms with Crippen LogP contribution in [-0.2, 0) is 4.79 Å². The van der Waals surface area contributed by atoms with Gasteiger partial charge in [0, 0.05) is 24.9 Å². The fourth-order valence-electron chi connectivity index (χ4n) is 2.12. The number of nitrogens with one attached hydrogen (secondary N) is 2. The monoisotopic (exact) mass is 416 g/mol. The molecule has 0 saturated carbocycles. The van der Waals surface area contributed by atoms with Gasteiger partial charge in [-0.3, -0.25) is 9.59 Å². The van der Waals surface area contributed by atoms with Crippen molar-refractivity contribution in [2.75, 3.05) is 11.9 Å². The maximum Gasteiger partial charge on any atom is 0.422 e. The van der Waals surface area contributed by atoms with E-state index in [0.29, 0.717) is 5.56 Å². The van der Waals surface area contributed by atoms with Gasteiger partial charge in [-0.05, 0) is 30.7 Å². The molecule has 150 valence electrons. The predicted octanol–water partition coefficient (Wildman–Crippen LogP) is 3.52. The molecule has 2 N–H and O–H groups in total. The van der Waals surface area contributed by atoms with E-state index >= 15 is 0 Å². The lowest BCUT2D eigenvalue weighted by Gasteiger charge is -2.16. The van der Waals surface area contributed by atoms with Crippen molar-refractivity contribution in [2.24, 2.45) is 0 Å². The van der Waals surface area contributed by atoms with Gasteiger partial charge < -0.3 is 15.4 Å². The lowest BCUT2D eigenvalue weighted by molar-refractivity contribution is -0.154. The molecular weight excluding hydrogens is 401 g/mol. The number of carbonyl (C=O) groups is 2. The molecule has 2 heterocycles. The van der Waals surface area contributed by atoms with Crippen molar-refractivity contribution in [2.45, 2.75) is 26.1 Å². The highest BCUT2D eigenvalue weighted by Gasteiger charge is 2.29. The number of alkyl halides is 3. The third-order valence-corrected chi connectivity index (χ3v) is 3.65. The van der Waals surface area contributed by atoms with Crippen LogP contribution in [0.1, 0.15) is 35.8 Å². The molecule has 0 aromatic carbocycles. The van der Waals surface area contributed by atoms with E-state index in [1.54, 1.807) is 6.92 Å². The second-order valence-electron chi connectivity index (χ2n) is 5.77. The zero-order valence-corrected chi connectivity index (χ0v) is 15.6. The van der Waals surface area contributed by atoms with Gasteiger partial charge in [0.05, 0.1) is 6.04 Å². The third-order valence-electron chi connectivity index (χ3n) is 3.37. The Hall–Kier alpha value is -2.88. The summed E-state index contributed by atoms with van der Waals surface area (Å²) in [6.07, 6.45) is -1.88. The number of pyridine rings is 2. The Balaban J connectivity index is 2.06. The second kappa shape index (κ2) is 8.87. The first-order valence-corrected chi connectivity index (χ1v) is 8.32. The van der Waals surface area contributed by atoms with Gasteiger partial charge >= 0.3 is 6.18 Å². The molecule has 2 amide bonds. The molecule has 0 spiro atoms. The lowest BCUT2D eigenvalue weighted by Crippen LogP contribution is -2.27. The van der Waals surface area contributed by atoms with Gasteiger partial charge in [-0.15, -0.1) is 0 Å². The molecule has 7 nitrogen and oxygen atoms in total. The summed E-state index contributed by atoms with van der Waals surface area (Å²) in [5.74, 6) is -0.902. The number of hydrogen-bond donors (Lipinski definition) is 2. The van der Waals surface area contributed by atoms with E-state index in [0.717, 1.165) is 0 Å². The van der Waals surface area contributed by atoms with Crippen LogP contribution in [0.25, 0.3) is 0 Å². The first-order chi connectivity index (χ1) is 13.0. The lowest BCUT2D eigenvalue weighted by atomic mass is 10.1. The summed E-state index contributed by atoms with van der Waals surface area (Å²) in [5.41, 5.74) is 0.726. The number of carbonyl (C=O) groups excluding carboxylic acids is 2. The van der Waals surface area contributed by atoms with E-state index in [2.05, 4.69) is 25.3 Å². The Bertz CT molecular complexity index is 877. The van der Waals surface area contributed by atoms with Gasteiger partial charge in [0.25, 0.3) is 5.91 Å². The SMILES string of the molecule is CC(=O)Nc1cc(C(=O)NC(C)c2cnc(OCC(F)(F)F)c(Cl)c2)ccn1. The molecule has 1 unspecified atom stereocenters. The van der Waals surface area contributed by atoms with Gasteiger partial charge in [-0.1, -0.05) is 11.6 Å². The van der Waals surface area contributed by atoms with Crippen LogP contribution in [0.2, 0.25) is 5.02 Å². The van der Waals surface area contributed by atoms with Crippen LogP contribution >= 0.6 is 11.6 Å². The van der Waals surface area contributed by atoms with E-state index in [1.807, 2.05) is 0 Å². The number of rotatable bonds is 6. The predicted molar refractivity (Wildman–Crippen MR) is 95.2 cm³/mol. The normalized spacial score (nSPS) is 12.2. The highest BCUT2D eigenvalue weighted by molar-refractivity contribution is 6.31. The fraction of sp³-hybridized carbons (Fsp3) is 0.294. The third kappa shape index (κ3) is 6.38. The van der Waals surface area contributed by atoms with Crippen molar-refractivity contribution < 1.29 is 27.5 Å². The Labute approximate surface area is 163 Å². The van der Waals surface area contributed by atoms with Crippen LogP contribution in [0.3, 0.4) is 0 Å². The van der Waals surface area contributed by atoms with Gasteiger partial charge in [0.1, 0.15) is 10.8 Å². The maximum absolute atomic E-state index is 12.4. The molecule has 0 fully saturated rings. The molecule has 0 saturated heterocycles. The topological polar surface area (TPSA) is 93.2 Å². The van der Waals surface area contributed by atoms with Crippen LogP contribution in [0.15, 0.2) is 30.6 Å². The van der Waals surface area contributed by atoms with Crippen LogP contribution in [-0.4, -0.2) is 34.6 Å². The smallest absolute Gasteiger partial charge is 0.422 e. The van der Waals surface area contributed by atoms with Crippen molar-refractivity contribution in [1.29, 1.82) is 0 Å². The second-order valence-corrected chi connectivity index (χ2v) is 6.17. The van der Waals surface area contributed by atoms with E-state index in [4.69, 9.17) is 11.6 Å². The maximum atomic E-state index is 12.4. The zero-order chi connectivity index (χ0) is 20.9. The number of ether oxygens (including phenoxy) is 1. The van der Waals surface area contributed by atoms with Crippen LogP contribution < -0.4 is 15.4 Å². The highest BCUT2D eigenvalue weighted by Crippen LogP contribution is 2.27. The average molecular weight is 417 g/mol. The van der Waals surface area contributed by atoms with Crippen LogP contribution in [0.5, 0.6) is 5.88 Å². The van der Waals surface area contributed by atoms with Crippen molar-refractivity contribution in [3.05, 3.63) is 46.7 Å². The number of aromatic nitrogens is 2. The molecule has 2 aromatic rings. The summed E-state index contributed by atoms with van der Waals surface area (Å²) < 4.78 is 41.2. The largest absolute Gasteiger partial charge is 0.467 e. The van der Waals surface area contributed by atoms with E-state index in [1.165, 1.54) is 37.5 Å². The summed E-state index contributed by atoms with van der Waals surface area (Å²) in [5, 5.41) is 5.06. The molecule has 0 aliphatic rings. The first kappa shape index (κ1) is 21.4. The molecule has 0 radical (unpaired) electrons. The number of hydrogen-bond acceptors (Lipinski definition) is 5. The van der Waals surface area contributed by atoms with Gasteiger partial charge in [-0.25, -0.2) is 9.97 Å². The minimum Gasteiger partial charge on any atom is -0.467 e. The van der Waals surface area contributed by atoms with Crippen LogP contribution in [0.4, 0.5) is 19.0 Å². The Morgan fingerprint density at radius 3 is 2.61 bits per heavy atom. The minimum atomic E-state index is -4.51. The molecule has 1 atom stereocenters. The van der Waals surface area contributed by atoms with Crippen molar-refractivity contribution in [3.63, 3.8) is 0 Å². The number of halogens is 4. The van der Waals surface area contributed by atoms with E-state index in [9.17, 15) is 22.8 Å². The van der Waals surface area contributed by atoms with Gasteiger partial charge in [-0.2, -0.15) is 13.2 Å². The molecule has 0 aliphatic carbocycles.